The molecule has 3 heterocycles. The predicted molar refractivity (Wildman–Crippen MR) is 96.6 cm³/mol. The molecule has 3 rings (SSSR count). The van der Waals surface area contributed by atoms with Crippen molar-refractivity contribution in [3.05, 3.63) is 24.3 Å². The summed E-state index contributed by atoms with van der Waals surface area (Å²) in [5, 5.41) is 3.86. The average Bonchev–Trinajstić information content (AvgIpc) is 2.47. The third-order valence-electron chi connectivity index (χ3n) is 4.11. The van der Waals surface area contributed by atoms with E-state index >= 15 is 0 Å². The lowest BCUT2D eigenvalue weighted by Gasteiger charge is -2.40. The van der Waals surface area contributed by atoms with Crippen LogP contribution in [0.2, 0.25) is 0 Å². The Labute approximate surface area is 147 Å². The molecule has 0 unspecified atom stereocenters. The Bertz CT molecular complexity index is 766. The second-order valence-corrected chi connectivity index (χ2v) is 7.53. The van der Waals surface area contributed by atoms with Gasteiger partial charge in [0.05, 0.1) is 11.7 Å². The van der Waals surface area contributed by atoms with Crippen LogP contribution in [0.4, 0.5) is 10.6 Å². The number of amides is 1. The minimum atomic E-state index is -0.460. The number of aromatic nitrogens is 3. The lowest BCUT2D eigenvalue weighted by Crippen LogP contribution is -2.48. The van der Waals surface area contributed by atoms with Crippen LogP contribution in [-0.4, -0.2) is 46.3 Å². The summed E-state index contributed by atoms with van der Waals surface area (Å²) >= 11 is 0. The Balaban J connectivity index is 1.50. The predicted octanol–water partition coefficient (Wildman–Crippen LogP) is 2.68. The monoisotopic (exact) mass is 343 g/mol. The van der Waals surface area contributed by atoms with Crippen LogP contribution in [-0.2, 0) is 4.74 Å². The minimum Gasteiger partial charge on any atom is -0.444 e. The number of ether oxygens (including phenoxy) is 1. The average molecular weight is 343 g/mol. The fourth-order valence-corrected chi connectivity index (χ4v) is 2.92. The van der Waals surface area contributed by atoms with Gasteiger partial charge in [-0.1, -0.05) is 0 Å². The summed E-state index contributed by atoms with van der Waals surface area (Å²) in [6, 6.07) is 2.03. The normalized spacial score (nSPS) is 15.1. The largest absolute Gasteiger partial charge is 0.444 e. The highest BCUT2D eigenvalue weighted by Gasteiger charge is 2.29. The molecule has 1 aliphatic rings. The first-order chi connectivity index (χ1) is 11.8. The molecule has 2 aromatic heterocycles. The first-order valence-electron chi connectivity index (χ1n) is 8.61. The van der Waals surface area contributed by atoms with Crippen molar-refractivity contribution in [2.45, 2.75) is 39.7 Å². The summed E-state index contributed by atoms with van der Waals surface area (Å²) in [4.78, 5) is 26.9. The topological polar surface area (TPSA) is 80.2 Å². The number of anilines is 1. The molecule has 0 saturated carbocycles. The molecule has 1 amide bonds. The van der Waals surface area contributed by atoms with E-state index in [0.717, 1.165) is 41.9 Å². The van der Waals surface area contributed by atoms with Crippen LogP contribution in [0.25, 0.3) is 10.9 Å². The smallest absolute Gasteiger partial charge is 0.407 e. The highest BCUT2D eigenvalue weighted by molar-refractivity contribution is 5.89. The first kappa shape index (κ1) is 17.4. The number of hydrogen-bond acceptors (Lipinski definition) is 6. The Kier molecular flexibility index (Phi) is 4.74. The second-order valence-electron chi connectivity index (χ2n) is 7.53. The Morgan fingerprint density at radius 1 is 1.32 bits per heavy atom. The van der Waals surface area contributed by atoms with E-state index in [1.165, 1.54) is 0 Å². The van der Waals surface area contributed by atoms with Crippen molar-refractivity contribution in [1.29, 1.82) is 0 Å². The van der Waals surface area contributed by atoms with Crippen molar-refractivity contribution in [3.63, 3.8) is 0 Å². The van der Waals surface area contributed by atoms with E-state index in [2.05, 4.69) is 25.2 Å². The molecule has 1 N–H and O–H groups in total. The summed E-state index contributed by atoms with van der Waals surface area (Å²) in [5.74, 6) is 1.51. The van der Waals surface area contributed by atoms with Gasteiger partial charge in [-0.15, -0.1) is 0 Å². The molecule has 1 saturated heterocycles. The molecule has 0 spiro atoms. The maximum Gasteiger partial charge on any atom is 0.407 e. The number of carbonyl (C=O) groups is 1. The number of carbonyl (C=O) groups excluding carboxylic acids is 1. The quantitative estimate of drug-likeness (QED) is 0.919. The summed E-state index contributed by atoms with van der Waals surface area (Å²) in [7, 11) is 0. The Morgan fingerprint density at radius 2 is 2.08 bits per heavy atom. The number of alkyl carbamates (subject to hydrolysis) is 1. The molecule has 25 heavy (non-hydrogen) atoms. The number of hydrogen-bond donors (Lipinski definition) is 1. The van der Waals surface area contributed by atoms with E-state index in [1.54, 1.807) is 12.5 Å². The second kappa shape index (κ2) is 6.82. The highest BCUT2D eigenvalue weighted by atomic mass is 16.6. The van der Waals surface area contributed by atoms with Crippen molar-refractivity contribution >= 4 is 22.8 Å². The zero-order valence-electron chi connectivity index (χ0n) is 15.2. The SMILES string of the molecule is Cc1cc2c(N3CC(CCNC(=O)OC(C)(C)C)C3)ncnc2cn1. The molecule has 0 radical (unpaired) electrons. The standard InChI is InChI=1S/C18H25N5O2/c1-12-7-14-15(8-20-12)21-11-22-16(14)23-9-13(10-23)5-6-19-17(24)25-18(2,3)4/h7-8,11,13H,5-6,9-10H2,1-4H3,(H,19,24). The number of nitrogens with zero attached hydrogens (tertiary/aromatic N) is 4. The van der Waals surface area contributed by atoms with Gasteiger partial charge in [-0.3, -0.25) is 4.98 Å². The molecular weight excluding hydrogens is 318 g/mol. The summed E-state index contributed by atoms with van der Waals surface area (Å²) in [6.07, 6.45) is 3.96. The third-order valence-corrected chi connectivity index (χ3v) is 4.11. The van der Waals surface area contributed by atoms with Gasteiger partial charge in [0.1, 0.15) is 17.7 Å². The van der Waals surface area contributed by atoms with E-state index in [-0.39, 0.29) is 6.09 Å². The zero-order chi connectivity index (χ0) is 18.0. The van der Waals surface area contributed by atoms with Gasteiger partial charge in [0.25, 0.3) is 0 Å². The van der Waals surface area contributed by atoms with E-state index in [9.17, 15) is 4.79 Å². The van der Waals surface area contributed by atoms with Gasteiger partial charge < -0.3 is 15.0 Å². The molecule has 7 nitrogen and oxygen atoms in total. The molecule has 134 valence electrons. The molecular formula is C18H25N5O2. The lowest BCUT2D eigenvalue weighted by molar-refractivity contribution is 0.0524. The maximum atomic E-state index is 11.6. The molecule has 0 bridgehead atoms. The summed E-state index contributed by atoms with van der Waals surface area (Å²) in [6.45, 7) is 10.0. The van der Waals surface area contributed by atoms with Crippen molar-refractivity contribution in [3.8, 4) is 0 Å². The van der Waals surface area contributed by atoms with Crippen molar-refractivity contribution in [1.82, 2.24) is 20.3 Å². The molecule has 0 aliphatic carbocycles. The minimum absolute atomic E-state index is 0.353. The highest BCUT2D eigenvalue weighted by Crippen LogP contribution is 2.29. The Hall–Kier alpha value is -2.44. The molecule has 0 aromatic carbocycles. The van der Waals surface area contributed by atoms with Gasteiger partial charge in [-0.25, -0.2) is 14.8 Å². The summed E-state index contributed by atoms with van der Waals surface area (Å²) in [5.41, 5.74) is 1.37. The van der Waals surface area contributed by atoms with Gasteiger partial charge in [0.2, 0.25) is 0 Å². The van der Waals surface area contributed by atoms with Crippen molar-refractivity contribution in [2.24, 2.45) is 5.92 Å². The first-order valence-corrected chi connectivity index (χ1v) is 8.61. The van der Waals surface area contributed by atoms with Crippen LogP contribution >= 0.6 is 0 Å². The van der Waals surface area contributed by atoms with Gasteiger partial charge >= 0.3 is 6.09 Å². The van der Waals surface area contributed by atoms with Crippen LogP contribution in [0.15, 0.2) is 18.6 Å². The number of fused-ring (bicyclic) bond motifs is 1. The van der Waals surface area contributed by atoms with Gasteiger partial charge in [0, 0.05) is 30.7 Å². The fourth-order valence-electron chi connectivity index (χ4n) is 2.92. The number of aryl methyl sites for hydroxylation is 1. The van der Waals surface area contributed by atoms with E-state index in [1.807, 2.05) is 33.8 Å². The number of rotatable bonds is 4. The molecule has 0 atom stereocenters. The van der Waals surface area contributed by atoms with Crippen molar-refractivity contribution < 1.29 is 9.53 Å². The van der Waals surface area contributed by atoms with Crippen molar-refractivity contribution in [2.75, 3.05) is 24.5 Å². The van der Waals surface area contributed by atoms with Crippen LogP contribution in [0.5, 0.6) is 0 Å². The number of pyridine rings is 1. The van der Waals surface area contributed by atoms with Gasteiger partial charge in [-0.05, 0) is 46.1 Å². The Morgan fingerprint density at radius 3 is 2.80 bits per heavy atom. The molecule has 7 heteroatoms. The van der Waals surface area contributed by atoms with Crippen LogP contribution in [0.1, 0.15) is 32.9 Å². The van der Waals surface area contributed by atoms with Gasteiger partial charge in [-0.2, -0.15) is 0 Å². The fraction of sp³-hybridized carbons (Fsp3) is 0.556. The molecule has 1 fully saturated rings. The van der Waals surface area contributed by atoms with Crippen LogP contribution in [0.3, 0.4) is 0 Å². The van der Waals surface area contributed by atoms with Gasteiger partial charge in [0.15, 0.2) is 0 Å². The number of nitrogens with one attached hydrogen (secondary N) is 1. The third kappa shape index (κ3) is 4.35. The maximum absolute atomic E-state index is 11.6. The van der Waals surface area contributed by atoms with Crippen LogP contribution in [0, 0.1) is 12.8 Å². The molecule has 1 aliphatic heterocycles. The lowest BCUT2D eigenvalue weighted by atomic mass is 9.96. The van der Waals surface area contributed by atoms with Crippen LogP contribution < -0.4 is 10.2 Å². The summed E-state index contributed by atoms with van der Waals surface area (Å²) < 4.78 is 5.24. The van der Waals surface area contributed by atoms with E-state index in [0.29, 0.717) is 12.5 Å². The van der Waals surface area contributed by atoms with E-state index < -0.39 is 5.60 Å². The molecule has 2 aromatic rings. The van der Waals surface area contributed by atoms with E-state index in [4.69, 9.17) is 4.74 Å². The zero-order valence-corrected chi connectivity index (χ0v) is 15.2.